The molecule has 0 fully saturated rings. The fourth-order valence-electron chi connectivity index (χ4n) is 1.07. The average molecular weight is 194 g/mol. The molecule has 1 rings (SSSR count). The first-order valence-electron chi connectivity index (χ1n) is 4.47. The Labute approximate surface area is 82.8 Å². The lowest BCUT2D eigenvalue weighted by Crippen LogP contribution is -2.18. The summed E-state index contributed by atoms with van der Waals surface area (Å²) in [5.74, 6) is -0.680. The molecule has 0 amide bonds. The minimum absolute atomic E-state index is 0.141. The largest absolute Gasteiger partial charge is 0.478 e. The first kappa shape index (κ1) is 10.7. The van der Waals surface area contributed by atoms with Crippen molar-refractivity contribution in [2.24, 2.45) is 11.7 Å². The van der Waals surface area contributed by atoms with Gasteiger partial charge in [-0.25, -0.2) is 4.79 Å². The lowest BCUT2D eigenvalue weighted by Gasteiger charge is -2.14. The van der Waals surface area contributed by atoms with E-state index in [-0.39, 0.29) is 17.5 Å². The third-order valence-electron chi connectivity index (χ3n) is 2.09. The highest BCUT2D eigenvalue weighted by molar-refractivity contribution is 5.87. The van der Waals surface area contributed by atoms with E-state index in [1.165, 1.54) is 12.3 Å². The van der Waals surface area contributed by atoms with Crippen LogP contribution in [0.5, 0.6) is 0 Å². The van der Waals surface area contributed by atoms with E-state index < -0.39 is 5.97 Å². The third-order valence-corrected chi connectivity index (χ3v) is 2.09. The zero-order chi connectivity index (χ0) is 10.7. The monoisotopic (exact) mass is 194 g/mol. The van der Waals surface area contributed by atoms with Crippen LogP contribution >= 0.6 is 0 Å². The van der Waals surface area contributed by atoms with Gasteiger partial charge in [0.2, 0.25) is 0 Å². The second-order valence-electron chi connectivity index (χ2n) is 3.55. The van der Waals surface area contributed by atoms with E-state index in [1.807, 2.05) is 13.8 Å². The van der Waals surface area contributed by atoms with Crippen molar-refractivity contribution in [3.63, 3.8) is 0 Å². The van der Waals surface area contributed by atoms with E-state index in [0.29, 0.717) is 0 Å². The second kappa shape index (κ2) is 4.19. The van der Waals surface area contributed by atoms with Crippen molar-refractivity contribution in [3.05, 3.63) is 29.6 Å². The van der Waals surface area contributed by atoms with Crippen LogP contribution in [0.3, 0.4) is 0 Å². The number of pyridine rings is 1. The van der Waals surface area contributed by atoms with Crippen LogP contribution in [-0.4, -0.2) is 16.1 Å². The Morgan fingerprint density at radius 1 is 1.50 bits per heavy atom. The Bertz CT molecular complexity index is 319. The summed E-state index contributed by atoms with van der Waals surface area (Å²) in [5, 5.41) is 8.65. The first-order valence-corrected chi connectivity index (χ1v) is 4.47. The number of hydrogen-bond donors (Lipinski definition) is 2. The van der Waals surface area contributed by atoms with Gasteiger partial charge in [-0.05, 0) is 18.1 Å². The summed E-state index contributed by atoms with van der Waals surface area (Å²) in [6.45, 7) is 3.99. The Kier molecular flexibility index (Phi) is 3.19. The maximum atomic E-state index is 10.5. The highest BCUT2D eigenvalue weighted by atomic mass is 16.4. The van der Waals surface area contributed by atoms with Crippen molar-refractivity contribution >= 4 is 5.97 Å². The molecule has 1 heterocycles. The summed E-state index contributed by atoms with van der Waals surface area (Å²) in [7, 11) is 0. The second-order valence-corrected chi connectivity index (χ2v) is 3.55. The number of aromatic nitrogens is 1. The summed E-state index contributed by atoms with van der Waals surface area (Å²) in [4.78, 5) is 14.6. The van der Waals surface area contributed by atoms with E-state index in [9.17, 15) is 4.79 Å². The molecule has 0 saturated heterocycles. The van der Waals surface area contributed by atoms with Crippen LogP contribution in [0, 0.1) is 5.92 Å². The highest BCUT2D eigenvalue weighted by Gasteiger charge is 2.12. The van der Waals surface area contributed by atoms with E-state index >= 15 is 0 Å². The molecule has 4 nitrogen and oxygen atoms in total. The molecule has 0 radical (unpaired) electrons. The number of nitrogens with two attached hydrogens (primary N) is 1. The number of hydrogen-bond acceptors (Lipinski definition) is 3. The van der Waals surface area contributed by atoms with Crippen LogP contribution in [0.2, 0.25) is 0 Å². The normalized spacial score (nSPS) is 12.9. The van der Waals surface area contributed by atoms with Gasteiger partial charge in [0, 0.05) is 12.2 Å². The van der Waals surface area contributed by atoms with Gasteiger partial charge < -0.3 is 10.8 Å². The fourth-order valence-corrected chi connectivity index (χ4v) is 1.07. The molecule has 4 heteroatoms. The van der Waals surface area contributed by atoms with Crippen LogP contribution in [0.25, 0.3) is 0 Å². The molecule has 0 bridgehead atoms. The number of rotatable bonds is 3. The SMILES string of the molecule is CC(C)C(N)c1ccc(C(=O)O)cn1. The maximum absolute atomic E-state index is 10.5. The standard InChI is InChI=1S/C10H14N2O2/c1-6(2)9(11)8-4-3-7(5-12-8)10(13)14/h3-6,9H,11H2,1-2H3,(H,13,14). The Morgan fingerprint density at radius 3 is 2.50 bits per heavy atom. The van der Waals surface area contributed by atoms with Crippen LogP contribution < -0.4 is 5.73 Å². The molecule has 1 atom stereocenters. The molecule has 1 aromatic heterocycles. The quantitative estimate of drug-likeness (QED) is 0.763. The molecule has 0 spiro atoms. The number of nitrogens with zero attached hydrogens (tertiary/aromatic N) is 1. The molecule has 0 saturated carbocycles. The topological polar surface area (TPSA) is 76.2 Å². The van der Waals surface area contributed by atoms with Gasteiger partial charge in [-0.15, -0.1) is 0 Å². The fraction of sp³-hybridized carbons (Fsp3) is 0.400. The minimum atomic E-state index is -0.970. The average Bonchev–Trinajstić information content (AvgIpc) is 2.16. The predicted octanol–water partition coefficient (Wildman–Crippen LogP) is 1.44. The van der Waals surface area contributed by atoms with Crippen molar-refractivity contribution in [2.45, 2.75) is 19.9 Å². The van der Waals surface area contributed by atoms with Gasteiger partial charge in [0.15, 0.2) is 0 Å². The lowest BCUT2D eigenvalue weighted by atomic mass is 10.0. The zero-order valence-electron chi connectivity index (χ0n) is 8.27. The molecule has 0 aliphatic rings. The van der Waals surface area contributed by atoms with Crippen molar-refractivity contribution in [2.75, 3.05) is 0 Å². The van der Waals surface area contributed by atoms with E-state index in [2.05, 4.69) is 4.98 Å². The number of carbonyl (C=O) groups is 1. The van der Waals surface area contributed by atoms with E-state index in [4.69, 9.17) is 10.8 Å². The number of carboxylic acid groups (broad SMARTS) is 1. The molecule has 1 aromatic rings. The van der Waals surface area contributed by atoms with Crippen molar-refractivity contribution in [3.8, 4) is 0 Å². The Morgan fingerprint density at radius 2 is 2.14 bits per heavy atom. The van der Waals surface area contributed by atoms with Crippen molar-refractivity contribution in [1.82, 2.24) is 4.98 Å². The van der Waals surface area contributed by atoms with E-state index in [0.717, 1.165) is 5.69 Å². The molecule has 14 heavy (non-hydrogen) atoms. The summed E-state index contributed by atoms with van der Waals surface area (Å²) >= 11 is 0. The molecular formula is C10H14N2O2. The zero-order valence-corrected chi connectivity index (χ0v) is 8.27. The summed E-state index contributed by atoms with van der Waals surface area (Å²) in [5.41, 5.74) is 6.77. The van der Waals surface area contributed by atoms with Crippen LogP contribution in [0.1, 0.15) is 35.9 Å². The van der Waals surface area contributed by atoms with Crippen molar-refractivity contribution in [1.29, 1.82) is 0 Å². The highest BCUT2D eigenvalue weighted by Crippen LogP contribution is 2.16. The van der Waals surface area contributed by atoms with Gasteiger partial charge in [-0.3, -0.25) is 4.98 Å². The smallest absolute Gasteiger partial charge is 0.337 e. The molecule has 1 unspecified atom stereocenters. The summed E-state index contributed by atoms with van der Waals surface area (Å²) < 4.78 is 0. The molecular weight excluding hydrogens is 180 g/mol. The maximum Gasteiger partial charge on any atom is 0.337 e. The number of aromatic carboxylic acids is 1. The first-order chi connectivity index (χ1) is 6.52. The van der Waals surface area contributed by atoms with Gasteiger partial charge in [0.05, 0.1) is 11.3 Å². The predicted molar refractivity (Wildman–Crippen MR) is 53.0 cm³/mol. The molecule has 76 valence electrons. The van der Waals surface area contributed by atoms with Gasteiger partial charge in [0.25, 0.3) is 0 Å². The Hall–Kier alpha value is -1.42. The molecule has 0 aliphatic heterocycles. The third kappa shape index (κ3) is 2.29. The minimum Gasteiger partial charge on any atom is -0.478 e. The van der Waals surface area contributed by atoms with E-state index in [1.54, 1.807) is 6.07 Å². The lowest BCUT2D eigenvalue weighted by molar-refractivity contribution is 0.0696. The van der Waals surface area contributed by atoms with Crippen molar-refractivity contribution < 1.29 is 9.90 Å². The Balaban J connectivity index is 2.88. The molecule has 0 aromatic carbocycles. The van der Waals surface area contributed by atoms with Gasteiger partial charge in [-0.2, -0.15) is 0 Å². The van der Waals surface area contributed by atoms with Crippen LogP contribution in [-0.2, 0) is 0 Å². The van der Waals surface area contributed by atoms with Gasteiger partial charge in [0.1, 0.15) is 0 Å². The summed E-state index contributed by atoms with van der Waals surface area (Å²) in [6, 6.07) is 3.04. The van der Waals surface area contributed by atoms with Crippen LogP contribution in [0.4, 0.5) is 0 Å². The molecule has 0 aliphatic carbocycles. The van der Waals surface area contributed by atoms with Crippen LogP contribution in [0.15, 0.2) is 18.3 Å². The molecule has 3 N–H and O–H groups in total. The van der Waals surface area contributed by atoms with Gasteiger partial charge in [-0.1, -0.05) is 13.8 Å². The summed E-state index contributed by atoms with van der Waals surface area (Å²) in [6.07, 6.45) is 1.33. The number of carboxylic acids is 1. The van der Waals surface area contributed by atoms with Gasteiger partial charge >= 0.3 is 5.97 Å².